The summed E-state index contributed by atoms with van der Waals surface area (Å²) in [7, 11) is 1.85. The third-order valence-corrected chi connectivity index (χ3v) is 7.00. The second-order valence-electron chi connectivity index (χ2n) is 7.16. The number of aryl methyl sites for hydroxylation is 1. The lowest BCUT2D eigenvalue weighted by atomic mass is 10.1. The number of hydrogen-bond donors (Lipinski definition) is 0. The summed E-state index contributed by atoms with van der Waals surface area (Å²) in [5.74, 6) is 0.874. The molecule has 1 aromatic carbocycles. The van der Waals surface area contributed by atoms with Gasteiger partial charge in [-0.05, 0) is 53.7 Å². The van der Waals surface area contributed by atoms with Crippen molar-refractivity contribution in [3.8, 4) is 11.1 Å². The Morgan fingerprint density at radius 3 is 2.66 bits per heavy atom. The molecule has 7 nitrogen and oxygen atoms in total. The van der Waals surface area contributed by atoms with Crippen LogP contribution in [0.1, 0.15) is 25.1 Å². The Morgan fingerprint density at radius 1 is 1.07 bits per heavy atom. The van der Waals surface area contributed by atoms with Crippen LogP contribution >= 0.6 is 23.1 Å². The van der Waals surface area contributed by atoms with Gasteiger partial charge in [-0.3, -0.25) is 4.90 Å². The average Bonchev–Trinajstić information content (AvgIpc) is 3.36. The van der Waals surface area contributed by atoms with Crippen LogP contribution in [-0.2, 0) is 13.6 Å². The van der Waals surface area contributed by atoms with E-state index < -0.39 is 0 Å². The summed E-state index contributed by atoms with van der Waals surface area (Å²) in [6.07, 6.45) is 3.83. The number of thiophene rings is 1. The van der Waals surface area contributed by atoms with Crippen molar-refractivity contribution in [2.45, 2.75) is 36.0 Å². The number of piperidine rings is 1. The summed E-state index contributed by atoms with van der Waals surface area (Å²) in [6.45, 7) is 3.03. The molecular weight excluding hydrogens is 402 g/mol. The van der Waals surface area contributed by atoms with Crippen molar-refractivity contribution in [1.82, 2.24) is 35.1 Å². The first-order chi connectivity index (χ1) is 14.3. The lowest BCUT2D eigenvalue weighted by Crippen LogP contribution is -2.29. The third kappa shape index (κ3) is 3.90. The molecule has 0 radical (unpaired) electrons. The zero-order valence-corrected chi connectivity index (χ0v) is 17.8. The molecule has 0 atom stereocenters. The fourth-order valence-corrected chi connectivity index (χ4v) is 5.55. The number of benzene rings is 1. The molecule has 0 bridgehead atoms. The van der Waals surface area contributed by atoms with E-state index in [1.807, 2.05) is 13.1 Å². The Bertz CT molecular complexity index is 1120. The highest BCUT2D eigenvalue weighted by molar-refractivity contribution is 7.99. The molecule has 0 unspecified atom stereocenters. The van der Waals surface area contributed by atoms with Gasteiger partial charge in [0.05, 0.1) is 11.9 Å². The zero-order chi connectivity index (χ0) is 19.6. The number of rotatable bonds is 5. The number of aromatic nitrogens is 6. The van der Waals surface area contributed by atoms with Crippen LogP contribution in [0.4, 0.5) is 0 Å². The standard InChI is InChI=1S/C20H21N7S2/c1-26-20(23-24-25-26)29-19-17-15(14-8-4-2-5-9-14)13-28-18(17)21-16(22-19)12-27-10-6-3-7-11-27/h2,4-5,8-9,13H,3,6-7,10-12H2,1H3. The minimum Gasteiger partial charge on any atom is -0.296 e. The maximum absolute atomic E-state index is 4.98. The Balaban J connectivity index is 1.59. The fraction of sp³-hybridized carbons (Fsp3) is 0.350. The van der Waals surface area contributed by atoms with E-state index in [-0.39, 0.29) is 0 Å². The summed E-state index contributed by atoms with van der Waals surface area (Å²) in [5, 5.41) is 16.8. The maximum atomic E-state index is 4.98. The highest BCUT2D eigenvalue weighted by Gasteiger charge is 2.20. The predicted octanol–water partition coefficient (Wildman–Crippen LogP) is 4.02. The number of nitrogens with zero attached hydrogens (tertiary/aromatic N) is 7. The summed E-state index contributed by atoms with van der Waals surface area (Å²) < 4.78 is 1.68. The van der Waals surface area contributed by atoms with Gasteiger partial charge in [-0.15, -0.1) is 16.4 Å². The molecule has 1 fully saturated rings. The molecule has 1 saturated heterocycles. The molecule has 1 aliphatic heterocycles. The predicted molar refractivity (Wildman–Crippen MR) is 115 cm³/mol. The van der Waals surface area contributed by atoms with Gasteiger partial charge in [0.2, 0.25) is 5.16 Å². The lowest BCUT2D eigenvalue weighted by Gasteiger charge is -2.25. The zero-order valence-electron chi connectivity index (χ0n) is 16.2. The van der Waals surface area contributed by atoms with Crippen LogP contribution in [-0.4, -0.2) is 48.2 Å². The van der Waals surface area contributed by atoms with Crippen molar-refractivity contribution in [1.29, 1.82) is 0 Å². The van der Waals surface area contributed by atoms with Crippen molar-refractivity contribution >= 4 is 33.3 Å². The topological polar surface area (TPSA) is 72.6 Å². The Labute approximate surface area is 177 Å². The van der Waals surface area contributed by atoms with E-state index in [0.717, 1.165) is 51.4 Å². The Morgan fingerprint density at radius 2 is 1.90 bits per heavy atom. The number of fused-ring (bicyclic) bond motifs is 1. The lowest BCUT2D eigenvalue weighted by molar-refractivity contribution is 0.216. The average molecular weight is 424 g/mol. The first kappa shape index (κ1) is 18.7. The second-order valence-corrected chi connectivity index (χ2v) is 8.98. The van der Waals surface area contributed by atoms with E-state index in [0.29, 0.717) is 0 Å². The number of hydrogen-bond acceptors (Lipinski definition) is 8. The Kier molecular flexibility index (Phi) is 5.26. The van der Waals surface area contributed by atoms with E-state index in [2.05, 4.69) is 50.1 Å². The molecule has 9 heteroatoms. The molecule has 3 aromatic heterocycles. The highest BCUT2D eigenvalue weighted by Crippen LogP contribution is 2.40. The molecule has 1 aliphatic rings. The third-order valence-electron chi connectivity index (χ3n) is 5.11. The van der Waals surface area contributed by atoms with Crippen molar-refractivity contribution in [3.63, 3.8) is 0 Å². The molecule has 0 N–H and O–H groups in total. The van der Waals surface area contributed by atoms with Crippen molar-refractivity contribution < 1.29 is 0 Å². The van der Waals surface area contributed by atoms with E-state index in [4.69, 9.17) is 9.97 Å². The van der Waals surface area contributed by atoms with Gasteiger partial charge >= 0.3 is 0 Å². The molecule has 0 aliphatic carbocycles. The SMILES string of the molecule is Cn1nnnc1Sc1nc(CN2CCCCC2)nc2scc(-c3ccccc3)c12. The van der Waals surface area contributed by atoms with Gasteiger partial charge in [0.15, 0.2) is 0 Å². The maximum Gasteiger partial charge on any atom is 0.215 e. The van der Waals surface area contributed by atoms with Crippen LogP contribution in [0.15, 0.2) is 45.9 Å². The summed E-state index contributed by atoms with van der Waals surface area (Å²) in [6, 6.07) is 10.4. The van der Waals surface area contributed by atoms with E-state index in [1.54, 1.807) is 16.0 Å². The van der Waals surface area contributed by atoms with E-state index in [1.165, 1.54) is 36.6 Å². The Hall–Kier alpha value is -2.36. The summed E-state index contributed by atoms with van der Waals surface area (Å²) >= 11 is 3.18. The van der Waals surface area contributed by atoms with Gasteiger partial charge in [0.1, 0.15) is 15.7 Å². The van der Waals surface area contributed by atoms with Crippen molar-refractivity contribution in [2.75, 3.05) is 13.1 Å². The minimum absolute atomic E-state index is 0.721. The molecule has 29 heavy (non-hydrogen) atoms. The molecule has 0 saturated carbocycles. The van der Waals surface area contributed by atoms with E-state index in [9.17, 15) is 0 Å². The van der Waals surface area contributed by atoms with Gasteiger partial charge in [-0.1, -0.05) is 36.8 Å². The van der Waals surface area contributed by atoms with Crippen LogP contribution in [0.3, 0.4) is 0 Å². The number of likely N-dealkylation sites (tertiary alicyclic amines) is 1. The molecule has 5 rings (SSSR count). The number of tetrazole rings is 1. The van der Waals surface area contributed by atoms with Gasteiger partial charge in [0.25, 0.3) is 0 Å². The van der Waals surface area contributed by atoms with Gasteiger partial charge in [-0.2, -0.15) is 0 Å². The van der Waals surface area contributed by atoms with Crippen LogP contribution in [0.2, 0.25) is 0 Å². The van der Waals surface area contributed by atoms with Crippen molar-refractivity contribution in [3.05, 3.63) is 41.5 Å². The van der Waals surface area contributed by atoms with Crippen LogP contribution in [0.5, 0.6) is 0 Å². The molecule has 4 heterocycles. The quantitative estimate of drug-likeness (QED) is 0.449. The normalized spacial score (nSPS) is 15.2. The molecule has 4 aromatic rings. The van der Waals surface area contributed by atoms with Crippen LogP contribution < -0.4 is 0 Å². The minimum atomic E-state index is 0.721. The molecule has 0 amide bonds. The van der Waals surface area contributed by atoms with Gasteiger partial charge < -0.3 is 0 Å². The van der Waals surface area contributed by atoms with Crippen molar-refractivity contribution in [2.24, 2.45) is 7.05 Å². The first-order valence-electron chi connectivity index (χ1n) is 9.74. The smallest absolute Gasteiger partial charge is 0.215 e. The fourth-order valence-electron chi connectivity index (χ4n) is 3.64. The molecular formula is C20H21N7S2. The molecule has 148 valence electrons. The van der Waals surface area contributed by atoms with Crippen LogP contribution in [0.25, 0.3) is 21.3 Å². The van der Waals surface area contributed by atoms with E-state index >= 15 is 0 Å². The second kappa shape index (κ2) is 8.17. The van der Waals surface area contributed by atoms with Crippen LogP contribution in [0, 0.1) is 0 Å². The first-order valence-corrected chi connectivity index (χ1v) is 11.4. The summed E-state index contributed by atoms with van der Waals surface area (Å²) in [5.41, 5.74) is 2.33. The highest BCUT2D eigenvalue weighted by atomic mass is 32.2. The monoisotopic (exact) mass is 423 g/mol. The summed E-state index contributed by atoms with van der Waals surface area (Å²) in [4.78, 5) is 13.4. The molecule has 0 spiro atoms. The van der Waals surface area contributed by atoms with Gasteiger partial charge in [-0.25, -0.2) is 14.6 Å². The largest absolute Gasteiger partial charge is 0.296 e. The van der Waals surface area contributed by atoms with Gasteiger partial charge in [0, 0.05) is 18.0 Å².